The molecule has 0 amide bonds. The number of nitrogens with zero attached hydrogens (tertiary/aromatic N) is 2. The quantitative estimate of drug-likeness (QED) is 0.423. The molecule has 1 heterocycles. The van der Waals surface area contributed by atoms with Crippen molar-refractivity contribution in [3.63, 3.8) is 0 Å². The number of benzene rings is 1. The second-order valence-corrected chi connectivity index (χ2v) is 6.64. The lowest BCUT2D eigenvalue weighted by molar-refractivity contribution is 0.0536. The highest BCUT2D eigenvalue weighted by Gasteiger charge is 2.24. The van der Waals surface area contributed by atoms with Crippen molar-refractivity contribution in [1.29, 1.82) is 0 Å². The largest absolute Gasteiger partial charge is 0.382 e. The first-order valence-electron chi connectivity index (χ1n) is 9.38. The number of hydrogen-bond donors (Lipinski definition) is 1. The molecule has 1 aliphatic heterocycles. The molecule has 1 saturated heterocycles. The summed E-state index contributed by atoms with van der Waals surface area (Å²) in [7, 11) is 1.70. The highest BCUT2D eigenvalue weighted by molar-refractivity contribution is 5.80. The second-order valence-electron chi connectivity index (χ2n) is 6.64. The van der Waals surface area contributed by atoms with Crippen molar-refractivity contribution in [2.45, 2.75) is 26.7 Å². The molecule has 140 valence electrons. The van der Waals surface area contributed by atoms with Crippen LogP contribution in [-0.4, -0.2) is 64.0 Å². The zero-order chi connectivity index (χ0) is 17.9. The Hall–Kier alpha value is -1.59. The maximum atomic E-state index is 5.68. The minimum atomic E-state index is 0.581. The molecule has 1 aromatic rings. The second kappa shape index (κ2) is 11.1. The predicted molar refractivity (Wildman–Crippen MR) is 103 cm³/mol. The summed E-state index contributed by atoms with van der Waals surface area (Å²) in [6, 6.07) is 8.72. The van der Waals surface area contributed by atoms with Crippen LogP contribution in [0.4, 0.5) is 0 Å². The summed E-state index contributed by atoms with van der Waals surface area (Å²) in [5.41, 5.74) is 2.65. The van der Waals surface area contributed by atoms with Gasteiger partial charge in [0.05, 0.1) is 19.8 Å². The van der Waals surface area contributed by atoms with E-state index in [-0.39, 0.29) is 0 Å². The van der Waals surface area contributed by atoms with E-state index in [0.29, 0.717) is 19.1 Å². The summed E-state index contributed by atoms with van der Waals surface area (Å²) in [6.45, 7) is 10.2. The van der Waals surface area contributed by atoms with Crippen LogP contribution in [0, 0.1) is 12.8 Å². The molecule has 0 aliphatic carbocycles. The van der Waals surface area contributed by atoms with Gasteiger partial charge in [-0.1, -0.05) is 29.8 Å². The van der Waals surface area contributed by atoms with Crippen molar-refractivity contribution < 1.29 is 9.47 Å². The lowest BCUT2D eigenvalue weighted by Gasteiger charge is -2.21. The van der Waals surface area contributed by atoms with Gasteiger partial charge in [-0.05, 0) is 32.3 Å². The van der Waals surface area contributed by atoms with Gasteiger partial charge in [-0.15, -0.1) is 0 Å². The van der Waals surface area contributed by atoms with Gasteiger partial charge in [0, 0.05) is 39.2 Å². The summed E-state index contributed by atoms with van der Waals surface area (Å²) in [5.74, 6) is 1.62. The zero-order valence-electron chi connectivity index (χ0n) is 16.0. The van der Waals surface area contributed by atoms with Crippen LogP contribution in [0.25, 0.3) is 0 Å². The van der Waals surface area contributed by atoms with Crippen LogP contribution < -0.4 is 5.32 Å². The van der Waals surface area contributed by atoms with Crippen molar-refractivity contribution in [3.05, 3.63) is 35.4 Å². The third-order valence-electron chi connectivity index (χ3n) is 4.49. The van der Waals surface area contributed by atoms with Gasteiger partial charge < -0.3 is 19.7 Å². The molecular weight excluding hydrogens is 314 g/mol. The molecule has 0 spiro atoms. The molecule has 1 aromatic carbocycles. The van der Waals surface area contributed by atoms with Crippen molar-refractivity contribution in [2.24, 2.45) is 10.9 Å². The van der Waals surface area contributed by atoms with E-state index in [2.05, 4.69) is 48.3 Å². The third kappa shape index (κ3) is 7.04. The van der Waals surface area contributed by atoms with E-state index in [9.17, 15) is 0 Å². The molecule has 1 fully saturated rings. The van der Waals surface area contributed by atoms with E-state index >= 15 is 0 Å². The van der Waals surface area contributed by atoms with Crippen molar-refractivity contribution in [2.75, 3.05) is 53.1 Å². The van der Waals surface area contributed by atoms with E-state index in [1.165, 1.54) is 11.1 Å². The van der Waals surface area contributed by atoms with Crippen molar-refractivity contribution in [3.8, 4) is 0 Å². The van der Waals surface area contributed by atoms with Crippen LogP contribution >= 0.6 is 0 Å². The molecule has 0 aromatic heterocycles. The average molecular weight is 348 g/mol. The average Bonchev–Trinajstić information content (AvgIpc) is 3.08. The van der Waals surface area contributed by atoms with Crippen LogP contribution in [0.15, 0.2) is 29.3 Å². The highest BCUT2D eigenvalue weighted by Crippen LogP contribution is 2.16. The zero-order valence-corrected chi connectivity index (χ0v) is 16.0. The van der Waals surface area contributed by atoms with Gasteiger partial charge in [-0.2, -0.15) is 0 Å². The summed E-state index contributed by atoms with van der Waals surface area (Å²) in [5, 5.41) is 3.43. The summed E-state index contributed by atoms with van der Waals surface area (Å²) in [4.78, 5) is 7.19. The third-order valence-corrected chi connectivity index (χ3v) is 4.49. The fraction of sp³-hybridized carbons (Fsp3) is 0.650. The Bertz CT molecular complexity index is 516. The van der Waals surface area contributed by atoms with Crippen LogP contribution in [0.1, 0.15) is 24.5 Å². The van der Waals surface area contributed by atoms with E-state index in [0.717, 1.165) is 51.6 Å². The van der Waals surface area contributed by atoms with Gasteiger partial charge in [0.25, 0.3) is 0 Å². The minimum absolute atomic E-state index is 0.581. The molecule has 2 rings (SSSR count). The molecule has 1 N–H and O–H groups in total. The van der Waals surface area contributed by atoms with E-state index in [1.807, 2.05) is 0 Å². The van der Waals surface area contributed by atoms with E-state index < -0.39 is 0 Å². The number of aryl methyl sites for hydroxylation is 1. The first kappa shape index (κ1) is 19.7. The van der Waals surface area contributed by atoms with Gasteiger partial charge in [-0.25, -0.2) is 0 Å². The number of nitrogens with one attached hydrogen (secondary N) is 1. The monoisotopic (exact) mass is 347 g/mol. The Labute approximate surface area is 152 Å². The molecule has 1 aliphatic rings. The molecular formula is C20H33N3O2. The first-order chi connectivity index (χ1) is 12.2. The Morgan fingerprint density at radius 2 is 2.08 bits per heavy atom. The standard InChI is InChI=1S/C20H33N3O2/c1-4-21-20(22-11-9-18-7-5-17(2)6-8-18)23-12-10-19(15-23)16-25-14-13-24-3/h5-8,19H,4,9-16H2,1-3H3,(H,21,22). The maximum absolute atomic E-state index is 5.68. The summed E-state index contributed by atoms with van der Waals surface area (Å²) < 4.78 is 10.7. The molecule has 5 nitrogen and oxygen atoms in total. The fourth-order valence-electron chi connectivity index (χ4n) is 3.02. The Morgan fingerprint density at radius 1 is 1.28 bits per heavy atom. The number of methoxy groups -OCH3 is 1. The topological polar surface area (TPSA) is 46.1 Å². The van der Waals surface area contributed by atoms with Gasteiger partial charge in [0.2, 0.25) is 0 Å². The van der Waals surface area contributed by atoms with Crippen LogP contribution in [-0.2, 0) is 15.9 Å². The van der Waals surface area contributed by atoms with Gasteiger partial charge in [-0.3, -0.25) is 4.99 Å². The Morgan fingerprint density at radius 3 is 2.80 bits per heavy atom. The van der Waals surface area contributed by atoms with E-state index in [4.69, 9.17) is 14.5 Å². The molecule has 0 saturated carbocycles. The van der Waals surface area contributed by atoms with Crippen LogP contribution in [0.2, 0.25) is 0 Å². The highest BCUT2D eigenvalue weighted by atomic mass is 16.5. The van der Waals surface area contributed by atoms with Gasteiger partial charge in [0.1, 0.15) is 0 Å². The minimum Gasteiger partial charge on any atom is -0.382 e. The normalized spacial score (nSPS) is 18.0. The predicted octanol–water partition coefficient (Wildman–Crippen LogP) is 2.49. The molecule has 1 atom stereocenters. The smallest absolute Gasteiger partial charge is 0.193 e. The fourth-order valence-corrected chi connectivity index (χ4v) is 3.02. The molecule has 0 bridgehead atoms. The van der Waals surface area contributed by atoms with E-state index in [1.54, 1.807) is 7.11 Å². The van der Waals surface area contributed by atoms with Crippen LogP contribution in [0.5, 0.6) is 0 Å². The maximum Gasteiger partial charge on any atom is 0.193 e. The number of guanidine groups is 1. The summed E-state index contributed by atoms with van der Waals surface area (Å²) in [6.07, 6.45) is 2.14. The lowest BCUT2D eigenvalue weighted by atomic mass is 10.1. The number of ether oxygens (including phenoxy) is 2. The van der Waals surface area contributed by atoms with Gasteiger partial charge in [0.15, 0.2) is 5.96 Å². The first-order valence-corrected chi connectivity index (χ1v) is 9.38. The molecule has 0 radical (unpaired) electrons. The SMILES string of the molecule is CCNC(=NCCc1ccc(C)cc1)N1CCC(COCCOC)C1. The Kier molecular flexibility index (Phi) is 8.77. The molecule has 5 heteroatoms. The van der Waals surface area contributed by atoms with Crippen molar-refractivity contribution in [1.82, 2.24) is 10.2 Å². The van der Waals surface area contributed by atoms with Crippen molar-refractivity contribution >= 4 is 5.96 Å². The molecule has 25 heavy (non-hydrogen) atoms. The number of hydrogen-bond acceptors (Lipinski definition) is 3. The molecule has 1 unspecified atom stereocenters. The summed E-state index contributed by atoms with van der Waals surface area (Å²) >= 11 is 0. The number of likely N-dealkylation sites (tertiary alicyclic amines) is 1. The Balaban J connectivity index is 1.79. The van der Waals surface area contributed by atoms with Crippen LogP contribution in [0.3, 0.4) is 0 Å². The number of aliphatic imine (C=N–C) groups is 1. The lowest BCUT2D eigenvalue weighted by Crippen LogP contribution is -2.40. The van der Waals surface area contributed by atoms with Gasteiger partial charge >= 0.3 is 0 Å². The number of rotatable bonds is 9.